The van der Waals surface area contributed by atoms with Crippen molar-refractivity contribution in [2.45, 2.75) is 26.8 Å². The van der Waals surface area contributed by atoms with Gasteiger partial charge in [-0.15, -0.1) is 0 Å². The van der Waals surface area contributed by atoms with E-state index in [1.54, 1.807) is 0 Å². The average molecular weight is 122 g/mol. The second-order valence-corrected chi connectivity index (χ2v) is 2.36. The number of halogens is 1. The van der Waals surface area contributed by atoms with Gasteiger partial charge in [0, 0.05) is 6.04 Å². The smallest absolute Gasteiger partial charge is 0.0215 e. The molecule has 44 valence electrons. The zero-order valence-corrected chi connectivity index (χ0v) is 5.79. The predicted molar refractivity (Wildman–Crippen MR) is 33.3 cm³/mol. The highest BCUT2D eigenvalue weighted by Crippen LogP contribution is 1.98. The quantitative estimate of drug-likeness (QED) is 0.550. The molecule has 0 radical (unpaired) electrons. The molecule has 0 spiro atoms. The summed E-state index contributed by atoms with van der Waals surface area (Å²) in [5.41, 5.74) is 0. The first kappa shape index (κ1) is 7.25. The predicted octanol–water partition coefficient (Wildman–Crippen LogP) is 1.77. The molecule has 0 aromatic carbocycles. The molecule has 0 aliphatic carbocycles. The van der Waals surface area contributed by atoms with E-state index in [9.17, 15) is 0 Å². The molecule has 0 saturated carbocycles. The summed E-state index contributed by atoms with van der Waals surface area (Å²) in [6.45, 7) is 6.30. The summed E-state index contributed by atoms with van der Waals surface area (Å²) in [5.74, 6) is 0.623. The van der Waals surface area contributed by atoms with E-state index >= 15 is 0 Å². The van der Waals surface area contributed by atoms with E-state index in [4.69, 9.17) is 11.8 Å². The lowest BCUT2D eigenvalue weighted by Gasteiger charge is -2.10. The molecule has 0 aliphatic rings. The molecule has 1 nitrogen and oxygen atoms in total. The van der Waals surface area contributed by atoms with Crippen LogP contribution in [0.1, 0.15) is 20.8 Å². The first-order valence-corrected chi connectivity index (χ1v) is 2.92. The molecule has 0 aliphatic heterocycles. The average Bonchev–Trinajstić information content (AvgIpc) is 1.65. The third-order valence-electron chi connectivity index (χ3n) is 1.17. The Labute approximate surface area is 50.2 Å². The van der Waals surface area contributed by atoms with Crippen LogP contribution in [0.2, 0.25) is 0 Å². The molecule has 0 saturated heterocycles. The van der Waals surface area contributed by atoms with Crippen LogP contribution in [0.3, 0.4) is 0 Å². The molecule has 0 unspecified atom stereocenters. The minimum absolute atomic E-state index is 0.418. The van der Waals surface area contributed by atoms with E-state index in [1.807, 2.05) is 0 Å². The van der Waals surface area contributed by atoms with E-state index in [-0.39, 0.29) is 0 Å². The monoisotopic (exact) mass is 121 g/mol. The molecule has 0 aromatic heterocycles. The Hall–Kier alpha value is 0.250. The highest BCUT2D eigenvalue weighted by Gasteiger charge is 2.01. The van der Waals surface area contributed by atoms with Crippen LogP contribution in [-0.2, 0) is 0 Å². The van der Waals surface area contributed by atoms with Crippen molar-refractivity contribution in [3.63, 3.8) is 0 Å². The summed E-state index contributed by atoms with van der Waals surface area (Å²) in [6, 6.07) is 0.418. The largest absolute Gasteiger partial charge is 0.230 e. The van der Waals surface area contributed by atoms with Gasteiger partial charge < -0.3 is 0 Å². The Morgan fingerprint density at radius 1 is 1.29 bits per heavy atom. The van der Waals surface area contributed by atoms with Gasteiger partial charge in [-0.3, -0.25) is 0 Å². The van der Waals surface area contributed by atoms with Crippen molar-refractivity contribution >= 4 is 11.8 Å². The third kappa shape index (κ3) is 2.89. The summed E-state index contributed by atoms with van der Waals surface area (Å²) < 4.78 is 0. The van der Waals surface area contributed by atoms with Crippen LogP contribution >= 0.6 is 11.8 Å². The zero-order valence-electron chi connectivity index (χ0n) is 5.03. The van der Waals surface area contributed by atoms with Gasteiger partial charge in [-0.2, -0.15) is 0 Å². The molecule has 0 heterocycles. The van der Waals surface area contributed by atoms with Gasteiger partial charge in [0.15, 0.2) is 0 Å². The minimum Gasteiger partial charge on any atom is -0.230 e. The zero-order chi connectivity index (χ0) is 5.86. The summed E-state index contributed by atoms with van der Waals surface area (Å²) in [6.07, 6.45) is 0. The molecule has 0 fully saturated rings. The summed E-state index contributed by atoms with van der Waals surface area (Å²) >= 11 is 5.30. The topological polar surface area (TPSA) is 12.0 Å². The van der Waals surface area contributed by atoms with E-state index in [0.29, 0.717) is 12.0 Å². The van der Waals surface area contributed by atoms with Gasteiger partial charge in [-0.05, 0) is 24.6 Å². The number of nitrogens with one attached hydrogen (secondary N) is 1. The molecule has 0 bridgehead atoms. The van der Waals surface area contributed by atoms with Crippen LogP contribution in [-0.4, -0.2) is 6.04 Å². The first-order valence-electron chi connectivity index (χ1n) is 2.54. The van der Waals surface area contributed by atoms with E-state index < -0.39 is 0 Å². The van der Waals surface area contributed by atoms with Crippen molar-refractivity contribution in [1.82, 2.24) is 4.84 Å². The van der Waals surface area contributed by atoms with Crippen molar-refractivity contribution in [3.8, 4) is 0 Å². The van der Waals surface area contributed by atoms with Gasteiger partial charge in [-0.25, -0.2) is 4.84 Å². The lowest BCUT2D eigenvalue weighted by atomic mass is 10.1. The van der Waals surface area contributed by atoms with Gasteiger partial charge in [0.05, 0.1) is 0 Å². The highest BCUT2D eigenvalue weighted by molar-refractivity contribution is 6.13. The summed E-state index contributed by atoms with van der Waals surface area (Å²) in [5, 5.41) is 0. The van der Waals surface area contributed by atoms with Crippen molar-refractivity contribution in [2.75, 3.05) is 0 Å². The molecule has 7 heavy (non-hydrogen) atoms. The van der Waals surface area contributed by atoms with Gasteiger partial charge in [0.25, 0.3) is 0 Å². The van der Waals surface area contributed by atoms with Gasteiger partial charge in [0.1, 0.15) is 0 Å². The molecule has 0 aromatic rings. The summed E-state index contributed by atoms with van der Waals surface area (Å²) in [4.78, 5) is 2.64. The Bertz CT molecular complexity index is 45.3. The maximum Gasteiger partial charge on any atom is 0.0215 e. The maximum absolute atomic E-state index is 5.30. The van der Waals surface area contributed by atoms with Crippen LogP contribution in [0.25, 0.3) is 0 Å². The second kappa shape index (κ2) is 3.28. The molecule has 0 amide bonds. The van der Waals surface area contributed by atoms with Crippen LogP contribution < -0.4 is 4.84 Å². The SMILES string of the molecule is CC(C)[C@H](C)NCl. The van der Waals surface area contributed by atoms with E-state index in [0.717, 1.165) is 0 Å². The molecular formula is C5H12ClN. The standard InChI is InChI=1S/C5H12ClN/c1-4(2)5(3)7-6/h4-5,7H,1-3H3/t5-/m0/s1. The second-order valence-electron chi connectivity index (χ2n) is 2.14. The van der Waals surface area contributed by atoms with Crippen LogP contribution in [0, 0.1) is 5.92 Å². The van der Waals surface area contributed by atoms with Gasteiger partial charge >= 0.3 is 0 Å². The van der Waals surface area contributed by atoms with Crippen molar-refractivity contribution < 1.29 is 0 Å². The number of rotatable bonds is 2. The fraction of sp³-hybridized carbons (Fsp3) is 1.00. The van der Waals surface area contributed by atoms with Crippen LogP contribution in [0.15, 0.2) is 0 Å². The van der Waals surface area contributed by atoms with Crippen molar-refractivity contribution in [1.29, 1.82) is 0 Å². The first-order chi connectivity index (χ1) is 3.18. The highest BCUT2D eigenvalue weighted by atomic mass is 35.5. The molecular weight excluding hydrogens is 110 g/mol. The number of hydrogen-bond donors (Lipinski definition) is 1. The number of hydrogen-bond acceptors (Lipinski definition) is 1. The Kier molecular flexibility index (Phi) is 3.39. The van der Waals surface area contributed by atoms with Crippen LogP contribution in [0.5, 0.6) is 0 Å². The van der Waals surface area contributed by atoms with E-state index in [1.165, 1.54) is 0 Å². The normalized spacial score (nSPS) is 15.0. The molecule has 1 N–H and O–H groups in total. The van der Waals surface area contributed by atoms with Crippen molar-refractivity contribution in [3.05, 3.63) is 0 Å². The Morgan fingerprint density at radius 2 is 1.71 bits per heavy atom. The molecule has 1 atom stereocenters. The Morgan fingerprint density at radius 3 is 1.71 bits per heavy atom. The lowest BCUT2D eigenvalue weighted by molar-refractivity contribution is 0.498. The lowest BCUT2D eigenvalue weighted by Crippen LogP contribution is -2.22. The third-order valence-corrected chi connectivity index (χ3v) is 1.52. The molecule has 0 rings (SSSR count). The maximum atomic E-state index is 5.30. The van der Waals surface area contributed by atoms with Gasteiger partial charge in [-0.1, -0.05) is 13.8 Å². The fourth-order valence-electron chi connectivity index (χ4n) is 0.126. The molecule has 2 heteroatoms. The summed E-state index contributed by atoms with van der Waals surface area (Å²) in [7, 11) is 0. The van der Waals surface area contributed by atoms with E-state index in [2.05, 4.69) is 25.6 Å². The van der Waals surface area contributed by atoms with Gasteiger partial charge in [0.2, 0.25) is 0 Å². The van der Waals surface area contributed by atoms with Crippen molar-refractivity contribution in [2.24, 2.45) is 5.92 Å². The van der Waals surface area contributed by atoms with Crippen LogP contribution in [0.4, 0.5) is 0 Å². The minimum atomic E-state index is 0.418. The Balaban J connectivity index is 3.14. The fourth-order valence-corrected chi connectivity index (χ4v) is 0.378.